The van der Waals surface area contributed by atoms with Crippen LogP contribution in [0.5, 0.6) is 5.75 Å². The Balaban J connectivity index is 1.92. The van der Waals surface area contributed by atoms with Crippen LogP contribution in [0.4, 0.5) is 0 Å². The van der Waals surface area contributed by atoms with Gasteiger partial charge in [-0.15, -0.1) is 0 Å². The number of H-pyrrole nitrogens is 1. The molecule has 23 heavy (non-hydrogen) atoms. The average molecular weight is 442 g/mol. The van der Waals surface area contributed by atoms with Crippen LogP contribution in [-0.2, 0) is 11.2 Å². The van der Waals surface area contributed by atoms with Gasteiger partial charge in [0.1, 0.15) is 11.5 Å². The van der Waals surface area contributed by atoms with Gasteiger partial charge in [-0.05, 0) is 81.3 Å². The van der Waals surface area contributed by atoms with Gasteiger partial charge in [0.25, 0.3) is 0 Å². The minimum Gasteiger partial charge on any atom is -0.461 e. The topological polar surface area (TPSA) is 54.1 Å². The molecule has 4 nitrogen and oxygen atoms in total. The number of carbonyl (C=O) groups is 1. The highest BCUT2D eigenvalue weighted by molar-refractivity contribution is 9.10. The van der Waals surface area contributed by atoms with E-state index in [-0.39, 0.29) is 5.91 Å². The molecule has 1 fully saturated rings. The molecule has 1 saturated carbocycles. The lowest BCUT2D eigenvalue weighted by molar-refractivity contribution is -0.118. The fourth-order valence-corrected chi connectivity index (χ4v) is 3.61. The van der Waals surface area contributed by atoms with Crippen LogP contribution >= 0.6 is 31.9 Å². The third kappa shape index (κ3) is 3.80. The second-order valence-corrected chi connectivity index (χ2v) is 7.39. The predicted octanol–water partition coefficient (Wildman–Crippen LogP) is 4.82. The summed E-state index contributed by atoms with van der Waals surface area (Å²) in [6.45, 7) is 4.15. The highest BCUT2D eigenvalue weighted by atomic mass is 79.9. The van der Waals surface area contributed by atoms with E-state index in [1.54, 1.807) is 0 Å². The molecule has 1 aromatic carbocycles. The van der Waals surface area contributed by atoms with Crippen LogP contribution in [-0.4, -0.2) is 17.4 Å². The van der Waals surface area contributed by atoms with Crippen LogP contribution in [0.25, 0.3) is 10.9 Å². The minimum absolute atomic E-state index is 0.0144. The molecule has 1 aliphatic rings. The standard InChI is InChI=1S/C17H18Br2N2O2/c1-9(11-3-4-11)23-16-7-13-12(5-6-20-10(2)22)17(19)21-15(13)8-14(16)18/h7-8,21H,3-6H2,1-2H3,(H,20,22). The van der Waals surface area contributed by atoms with Gasteiger partial charge >= 0.3 is 0 Å². The molecule has 2 aromatic rings. The number of halogens is 2. The van der Waals surface area contributed by atoms with Gasteiger partial charge in [-0.3, -0.25) is 4.79 Å². The molecule has 3 rings (SSSR count). The van der Waals surface area contributed by atoms with Gasteiger partial charge in [0.05, 0.1) is 9.08 Å². The summed E-state index contributed by atoms with van der Waals surface area (Å²) in [6, 6.07) is 4.08. The third-order valence-corrected chi connectivity index (χ3v) is 5.21. The fourth-order valence-electron chi connectivity index (χ4n) is 2.56. The monoisotopic (exact) mass is 440 g/mol. The molecular formula is C17H18Br2N2O2. The maximum absolute atomic E-state index is 11.0. The van der Waals surface area contributed by atoms with Crippen molar-refractivity contribution < 1.29 is 9.53 Å². The largest absolute Gasteiger partial charge is 0.461 e. The number of ether oxygens (including phenoxy) is 1. The number of aromatic nitrogens is 1. The molecule has 1 aromatic heterocycles. The number of hydrogen-bond donors (Lipinski definition) is 2. The van der Waals surface area contributed by atoms with E-state index in [1.807, 2.05) is 13.0 Å². The van der Waals surface area contributed by atoms with E-state index >= 15 is 0 Å². The summed E-state index contributed by atoms with van der Waals surface area (Å²) in [4.78, 5) is 14.4. The Labute approximate surface area is 151 Å². The number of fused-ring (bicyclic) bond motifs is 1. The zero-order chi connectivity index (χ0) is 16.6. The Morgan fingerprint density at radius 3 is 2.70 bits per heavy atom. The van der Waals surface area contributed by atoms with Gasteiger partial charge < -0.3 is 15.0 Å². The van der Waals surface area contributed by atoms with Crippen molar-refractivity contribution in [3.63, 3.8) is 0 Å². The van der Waals surface area contributed by atoms with Crippen LogP contribution in [0, 0.1) is 0 Å². The summed E-state index contributed by atoms with van der Waals surface area (Å²) in [5.74, 6) is 1.81. The molecule has 0 spiro atoms. The third-order valence-electron chi connectivity index (χ3n) is 3.92. The van der Waals surface area contributed by atoms with E-state index in [9.17, 15) is 4.79 Å². The molecule has 0 saturated heterocycles. The van der Waals surface area contributed by atoms with Crippen molar-refractivity contribution in [3.05, 3.63) is 38.1 Å². The maximum atomic E-state index is 11.0. The summed E-state index contributed by atoms with van der Waals surface area (Å²) in [7, 11) is 0. The molecule has 122 valence electrons. The second-order valence-electron chi connectivity index (χ2n) is 5.74. The number of carbonyl (C=O) groups excluding carboxylic acids is 1. The van der Waals surface area contributed by atoms with Crippen LogP contribution in [0.15, 0.2) is 32.5 Å². The van der Waals surface area contributed by atoms with Crippen molar-refractivity contribution >= 4 is 48.7 Å². The molecule has 0 bridgehead atoms. The van der Waals surface area contributed by atoms with E-state index in [0.29, 0.717) is 6.54 Å². The first kappa shape index (κ1) is 16.6. The molecule has 2 N–H and O–H groups in total. The normalized spacial score (nSPS) is 13.3. The molecule has 0 radical (unpaired) electrons. The Morgan fingerprint density at radius 1 is 1.30 bits per heavy atom. The van der Waals surface area contributed by atoms with Crippen molar-refractivity contribution in [2.24, 2.45) is 0 Å². The van der Waals surface area contributed by atoms with Gasteiger partial charge in [0, 0.05) is 24.4 Å². The van der Waals surface area contributed by atoms with E-state index in [4.69, 9.17) is 4.74 Å². The summed E-state index contributed by atoms with van der Waals surface area (Å²) < 4.78 is 7.89. The van der Waals surface area contributed by atoms with Crippen molar-refractivity contribution in [2.45, 2.75) is 33.1 Å². The first-order valence-corrected chi connectivity index (χ1v) is 9.15. The van der Waals surface area contributed by atoms with Crippen LogP contribution in [0.2, 0.25) is 0 Å². The van der Waals surface area contributed by atoms with Gasteiger partial charge in [0.2, 0.25) is 5.91 Å². The molecule has 1 aliphatic carbocycles. The Morgan fingerprint density at radius 2 is 2.04 bits per heavy atom. The molecule has 0 atom stereocenters. The predicted molar refractivity (Wildman–Crippen MR) is 98.6 cm³/mol. The number of benzene rings is 1. The second kappa shape index (κ2) is 6.69. The maximum Gasteiger partial charge on any atom is 0.216 e. The van der Waals surface area contributed by atoms with E-state index < -0.39 is 0 Å². The molecular weight excluding hydrogens is 424 g/mol. The van der Waals surface area contributed by atoms with Crippen molar-refractivity contribution in [1.82, 2.24) is 10.3 Å². The Bertz CT molecular complexity index is 803. The number of nitrogens with one attached hydrogen (secondary N) is 2. The molecule has 0 aliphatic heterocycles. The zero-order valence-electron chi connectivity index (χ0n) is 13.1. The summed E-state index contributed by atoms with van der Waals surface area (Å²) in [5, 5.41) is 3.94. The van der Waals surface area contributed by atoms with Gasteiger partial charge in [-0.2, -0.15) is 0 Å². The van der Waals surface area contributed by atoms with Crippen LogP contribution in [0.3, 0.4) is 0 Å². The smallest absolute Gasteiger partial charge is 0.216 e. The zero-order valence-corrected chi connectivity index (χ0v) is 16.2. The SMILES string of the molecule is CC(=O)NCCc1c(Br)[nH]c2cc(Br)c(OC(C)=C3CC3)cc12. The first-order chi connectivity index (χ1) is 11.0. The van der Waals surface area contributed by atoms with E-state index in [0.717, 1.165) is 56.3 Å². The number of hydrogen-bond acceptors (Lipinski definition) is 2. The molecule has 0 unspecified atom stereocenters. The summed E-state index contributed by atoms with van der Waals surface area (Å²) in [5.41, 5.74) is 3.56. The van der Waals surface area contributed by atoms with Crippen LogP contribution < -0.4 is 10.1 Å². The quantitative estimate of drug-likeness (QED) is 0.653. The number of aromatic amines is 1. The van der Waals surface area contributed by atoms with E-state index in [2.05, 4.69) is 48.2 Å². The van der Waals surface area contributed by atoms with Crippen molar-refractivity contribution in [1.29, 1.82) is 0 Å². The van der Waals surface area contributed by atoms with Gasteiger partial charge in [-0.25, -0.2) is 0 Å². The Hall–Kier alpha value is -1.27. The number of amides is 1. The van der Waals surface area contributed by atoms with Gasteiger partial charge in [0.15, 0.2) is 0 Å². The summed E-state index contributed by atoms with van der Waals surface area (Å²) >= 11 is 7.16. The molecule has 6 heteroatoms. The number of rotatable bonds is 5. The number of allylic oxidation sites excluding steroid dienone is 2. The van der Waals surface area contributed by atoms with Crippen molar-refractivity contribution in [3.8, 4) is 5.75 Å². The van der Waals surface area contributed by atoms with Gasteiger partial charge in [-0.1, -0.05) is 0 Å². The lowest BCUT2D eigenvalue weighted by Gasteiger charge is -2.09. The minimum atomic E-state index is -0.0144. The highest BCUT2D eigenvalue weighted by Gasteiger charge is 2.18. The van der Waals surface area contributed by atoms with Crippen LogP contribution in [0.1, 0.15) is 32.3 Å². The lowest BCUT2D eigenvalue weighted by atomic mass is 10.1. The Kier molecular flexibility index (Phi) is 4.82. The highest BCUT2D eigenvalue weighted by Crippen LogP contribution is 2.38. The molecule has 1 amide bonds. The molecule has 1 heterocycles. The first-order valence-electron chi connectivity index (χ1n) is 7.56. The fraction of sp³-hybridized carbons (Fsp3) is 0.353. The van der Waals surface area contributed by atoms with E-state index in [1.165, 1.54) is 12.5 Å². The summed E-state index contributed by atoms with van der Waals surface area (Å²) in [6.07, 6.45) is 3.04. The average Bonchev–Trinajstić information content (AvgIpc) is 3.27. The lowest BCUT2D eigenvalue weighted by Crippen LogP contribution is -2.22. The van der Waals surface area contributed by atoms with Crippen molar-refractivity contribution in [2.75, 3.05) is 6.54 Å².